The fraction of sp³-hybridized carbons (Fsp3) is 0.125. The molecule has 2 N–H and O–H groups in total. The van der Waals surface area contributed by atoms with Gasteiger partial charge in [-0.05, 0) is 63.6 Å². The van der Waals surface area contributed by atoms with E-state index in [1.54, 1.807) is 23.5 Å². The molecule has 1 aromatic heterocycles. The van der Waals surface area contributed by atoms with Crippen molar-refractivity contribution in [3.05, 3.63) is 69.0 Å². The first kappa shape index (κ1) is 14.6. The third kappa shape index (κ3) is 3.00. The molecule has 0 fully saturated rings. The number of halogens is 3. The molecule has 0 spiro atoms. The maximum atomic E-state index is 13.5. The Morgan fingerprint density at radius 1 is 1.14 bits per heavy atom. The van der Waals surface area contributed by atoms with Crippen molar-refractivity contribution in [2.45, 2.75) is 12.5 Å². The van der Waals surface area contributed by atoms with E-state index in [1.807, 2.05) is 12.1 Å². The van der Waals surface area contributed by atoms with Gasteiger partial charge >= 0.3 is 0 Å². The molecule has 0 aliphatic carbocycles. The van der Waals surface area contributed by atoms with E-state index in [0.29, 0.717) is 10.9 Å². The Labute approximate surface area is 133 Å². The van der Waals surface area contributed by atoms with E-state index in [9.17, 15) is 8.78 Å². The molecule has 21 heavy (non-hydrogen) atoms. The monoisotopic (exact) mass is 367 g/mol. The molecule has 1 nitrogen and oxygen atoms in total. The second kappa shape index (κ2) is 5.83. The maximum Gasteiger partial charge on any atom is 0.137 e. The topological polar surface area (TPSA) is 26.0 Å². The van der Waals surface area contributed by atoms with Gasteiger partial charge in [0.1, 0.15) is 11.6 Å². The molecule has 0 saturated heterocycles. The van der Waals surface area contributed by atoms with Gasteiger partial charge in [-0.3, -0.25) is 0 Å². The second-order valence-electron chi connectivity index (χ2n) is 4.85. The van der Waals surface area contributed by atoms with Crippen LogP contribution in [0, 0.1) is 11.6 Å². The highest BCUT2D eigenvalue weighted by atomic mass is 79.9. The highest BCUT2D eigenvalue weighted by Gasteiger charge is 2.14. The fourth-order valence-electron chi connectivity index (χ4n) is 2.26. The van der Waals surface area contributed by atoms with Gasteiger partial charge in [0.15, 0.2) is 0 Å². The Kier molecular flexibility index (Phi) is 4.06. The smallest absolute Gasteiger partial charge is 0.137 e. The standard InChI is InChI=1S/C16H12BrF2NS/c17-16-9(2-1-3-12(16)19)7-13(20)15-8-10-6-11(18)4-5-14(10)21-15/h1-6,8,13H,7,20H2. The number of fused-ring (bicyclic) bond motifs is 1. The largest absolute Gasteiger partial charge is 0.323 e. The van der Waals surface area contributed by atoms with Gasteiger partial charge in [0.05, 0.1) is 4.47 Å². The van der Waals surface area contributed by atoms with Crippen LogP contribution in [0.15, 0.2) is 46.9 Å². The average Bonchev–Trinajstić information content (AvgIpc) is 2.87. The first-order valence-electron chi connectivity index (χ1n) is 6.42. The zero-order valence-electron chi connectivity index (χ0n) is 10.9. The van der Waals surface area contributed by atoms with Gasteiger partial charge in [-0.25, -0.2) is 8.78 Å². The van der Waals surface area contributed by atoms with Gasteiger partial charge in [-0.2, -0.15) is 0 Å². The van der Waals surface area contributed by atoms with Gasteiger partial charge in [-0.15, -0.1) is 11.3 Å². The molecule has 3 aromatic rings. The van der Waals surface area contributed by atoms with Crippen LogP contribution in [-0.4, -0.2) is 0 Å². The number of nitrogens with two attached hydrogens (primary N) is 1. The van der Waals surface area contributed by atoms with Crippen molar-refractivity contribution in [2.24, 2.45) is 5.73 Å². The van der Waals surface area contributed by atoms with Crippen molar-refractivity contribution in [2.75, 3.05) is 0 Å². The van der Waals surface area contributed by atoms with Crippen LogP contribution < -0.4 is 5.73 Å². The zero-order valence-corrected chi connectivity index (χ0v) is 13.3. The summed E-state index contributed by atoms with van der Waals surface area (Å²) in [6, 6.07) is 11.3. The Bertz CT molecular complexity index is 800. The number of thiophene rings is 1. The normalized spacial score (nSPS) is 12.8. The van der Waals surface area contributed by atoms with Gasteiger partial charge in [-0.1, -0.05) is 12.1 Å². The molecule has 0 aliphatic rings. The number of rotatable bonds is 3. The van der Waals surface area contributed by atoms with E-state index in [2.05, 4.69) is 15.9 Å². The minimum absolute atomic E-state index is 0.247. The van der Waals surface area contributed by atoms with E-state index in [0.717, 1.165) is 20.5 Å². The first-order chi connectivity index (χ1) is 10.0. The van der Waals surface area contributed by atoms with Crippen LogP contribution in [0.3, 0.4) is 0 Å². The molecule has 1 heterocycles. The summed E-state index contributed by atoms with van der Waals surface area (Å²) in [6.07, 6.45) is 0.521. The quantitative estimate of drug-likeness (QED) is 0.677. The van der Waals surface area contributed by atoms with E-state index < -0.39 is 0 Å². The first-order valence-corrected chi connectivity index (χ1v) is 8.03. The molecule has 1 unspecified atom stereocenters. The Hall–Kier alpha value is -1.30. The second-order valence-corrected chi connectivity index (χ2v) is 6.76. The minimum Gasteiger partial charge on any atom is -0.323 e. The third-order valence-corrected chi connectivity index (χ3v) is 5.47. The molecule has 108 valence electrons. The van der Waals surface area contributed by atoms with Crippen molar-refractivity contribution in [3.8, 4) is 0 Å². The van der Waals surface area contributed by atoms with E-state index in [-0.39, 0.29) is 17.7 Å². The number of hydrogen-bond donors (Lipinski definition) is 1. The van der Waals surface area contributed by atoms with Gasteiger partial charge in [0.25, 0.3) is 0 Å². The molecule has 1 atom stereocenters. The molecule has 0 bridgehead atoms. The molecule has 0 saturated carbocycles. The summed E-state index contributed by atoms with van der Waals surface area (Å²) in [5, 5.41) is 0.851. The zero-order chi connectivity index (χ0) is 15.0. The minimum atomic E-state index is -0.293. The van der Waals surface area contributed by atoms with Crippen molar-refractivity contribution >= 4 is 37.4 Å². The van der Waals surface area contributed by atoms with E-state index in [1.165, 1.54) is 18.2 Å². The summed E-state index contributed by atoms with van der Waals surface area (Å²) in [7, 11) is 0. The van der Waals surface area contributed by atoms with Crippen LogP contribution in [0.1, 0.15) is 16.5 Å². The Balaban J connectivity index is 1.89. The van der Waals surface area contributed by atoms with Crippen LogP contribution >= 0.6 is 27.3 Å². The summed E-state index contributed by atoms with van der Waals surface area (Å²) in [5.74, 6) is -0.550. The number of benzene rings is 2. The molecule has 2 aromatic carbocycles. The summed E-state index contributed by atoms with van der Waals surface area (Å²) in [4.78, 5) is 0.965. The lowest BCUT2D eigenvalue weighted by atomic mass is 10.0. The summed E-state index contributed by atoms with van der Waals surface area (Å²) in [6.45, 7) is 0. The van der Waals surface area contributed by atoms with Crippen molar-refractivity contribution in [1.82, 2.24) is 0 Å². The fourth-order valence-corrected chi connectivity index (χ4v) is 3.73. The van der Waals surface area contributed by atoms with Gasteiger partial charge in [0.2, 0.25) is 0 Å². The van der Waals surface area contributed by atoms with Crippen LogP contribution in [-0.2, 0) is 6.42 Å². The summed E-state index contributed by atoms with van der Waals surface area (Å²) >= 11 is 4.79. The van der Waals surface area contributed by atoms with E-state index in [4.69, 9.17) is 5.73 Å². The molecule has 0 radical (unpaired) electrons. The lowest BCUT2D eigenvalue weighted by Gasteiger charge is -2.11. The molecule has 0 amide bonds. The highest BCUT2D eigenvalue weighted by Crippen LogP contribution is 2.32. The van der Waals surface area contributed by atoms with Gasteiger partial charge in [0, 0.05) is 15.6 Å². The summed E-state index contributed by atoms with van der Waals surface area (Å²) in [5.41, 5.74) is 7.05. The highest BCUT2D eigenvalue weighted by molar-refractivity contribution is 9.10. The molecular weight excluding hydrogens is 356 g/mol. The predicted octanol–water partition coefficient (Wildman–Crippen LogP) is 5.18. The predicted molar refractivity (Wildman–Crippen MR) is 86.5 cm³/mol. The van der Waals surface area contributed by atoms with E-state index >= 15 is 0 Å². The van der Waals surface area contributed by atoms with Crippen LogP contribution in [0.4, 0.5) is 8.78 Å². The van der Waals surface area contributed by atoms with Crippen molar-refractivity contribution < 1.29 is 8.78 Å². The number of hydrogen-bond acceptors (Lipinski definition) is 2. The van der Waals surface area contributed by atoms with Crippen molar-refractivity contribution in [1.29, 1.82) is 0 Å². The molecular formula is C16H12BrF2NS. The van der Waals surface area contributed by atoms with Crippen LogP contribution in [0.2, 0.25) is 0 Å². The van der Waals surface area contributed by atoms with Crippen LogP contribution in [0.5, 0.6) is 0 Å². The lowest BCUT2D eigenvalue weighted by molar-refractivity contribution is 0.614. The molecule has 5 heteroatoms. The maximum absolute atomic E-state index is 13.5. The Morgan fingerprint density at radius 3 is 2.76 bits per heavy atom. The third-order valence-electron chi connectivity index (χ3n) is 3.33. The van der Waals surface area contributed by atoms with Gasteiger partial charge < -0.3 is 5.73 Å². The molecule has 0 aliphatic heterocycles. The lowest BCUT2D eigenvalue weighted by Crippen LogP contribution is -2.12. The van der Waals surface area contributed by atoms with Crippen LogP contribution in [0.25, 0.3) is 10.1 Å². The average molecular weight is 368 g/mol. The summed E-state index contributed by atoms with van der Waals surface area (Å²) < 4.78 is 28.2. The van der Waals surface area contributed by atoms with Crippen molar-refractivity contribution in [3.63, 3.8) is 0 Å². The Morgan fingerprint density at radius 2 is 1.95 bits per heavy atom. The molecule has 3 rings (SSSR count). The SMILES string of the molecule is NC(Cc1cccc(F)c1Br)c1cc2cc(F)ccc2s1.